The van der Waals surface area contributed by atoms with Crippen molar-refractivity contribution in [1.29, 1.82) is 0 Å². The van der Waals surface area contributed by atoms with Crippen molar-refractivity contribution in [1.82, 2.24) is 4.57 Å². The van der Waals surface area contributed by atoms with Crippen LogP contribution in [0.4, 0.5) is 10.1 Å². The Balaban J connectivity index is 2.13. The summed E-state index contributed by atoms with van der Waals surface area (Å²) in [4.78, 5) is 23.4. The van der Waals surface area contributed by atoms with Crippen LogP contribution in [-0.2, 0) is 17.8 Å². The molecule has 0 fully saturated rings. The molecule has 0 spiro atoms. The first kappa shape index (κ1) is 14.0. The molecular formula is C15H15FN2O2. The fourth-order valence-corrected chi connectivity index (χ4v) is 1.92. The number of hydrogen-bond donors (Lipinski definition) is 1. The number of rotatable bonds is 4. The lowest BCUT2D eigenvalue weighted by molar-refractivity contribution is -0.116. The minimum absolute atomic E-state index is 0.214. The highest BCUT2D eigenvalue weighted by atomic mass is 19.1. The summed E-state index contributed by atoms with van der Waals surface area (Å²) in [5, 5.41) is 2.74. The van der Waals surface area contributed by atoms with E-state index in [1.165, 1.54) is 0 Å². The fraction of sp³-hybridized carbons (Fsp3) is 0.200. The maximum atomic E-state index is 13.1. The average molecular weight is 274 g/mol. The molecule has 5 heteroatoms. The van der Waals surface area contributed by atoms with E-state index >= 15 is 0 Å². The predicted octanol–water partition coefficient (Wildman–Crippen LogP) is 2.19. The highest BCUT2D eigenvalue weighted by Gasteiger charge is 2.08. The summed E-state index contributed by atoms with van der Waals surface area (Å²) >= 11 is 0. The standard InChI is InChI=1S/C15H15FN2O2/c1-2-11-5-3-4-6-13(11)17-14(19)10-18-9-12(16)7-8-15(18)20/h3-9H,2,10H2,1H3,(H,17,19). The molecule has 0 bridgehead atoms. The van der Waals surface area contributed by atoms with Crippen LogP contribution in [0, 0.1) is 5.82 Å². The smallest absolute Gasteiger partial charge is 0.251 e. The summed E-state index contributed by atoms with van der Waals surface area (Å²) in [7, 11) is 0. The third-order valence-electron chi connectivity index (χ3n) is 2.93. The Kier molecular flexibility index (Phi) is 4.30. The van der Waals surface area contributed by atoms with Gasteiger partial charge in [0.1, 0.15) is 12.4 Å². The topological polar surface area (TPSA) is 51.1 Å². The van der Waals surface area contributed by atoms with Crippen molar-refractivity contribution in [3.05, 3.63) is 64.3 Å². The Hall–Kier alpha value is -2.43. The van der Waals surface area contributed by atoms with E-state index in [9.17, 15) is 14.0 Å². The van der Waals surface area contributed by atoms with E-state index < -0.39 is 11.4 Å². The molecule has 1 aromatic heterocycles. The lowest BCUT2D eigenvalue weighted by Crippen LogP contribution is -2.27. The monoisotopic (exact) mass is 274 g/mol. The number of benzene rings is 1. The molecule has 0 saturated heterocycles. The van der Waals surface area contributed by atoms with Gasteiger partial charge in [0.25, 0.3) is 5.56 Å². The van der Waals surface area contributed by atoms with Crippen LogP contribution < -0.4 is 10.9 Å². The first-order valence-electron chi connectivity index (χ1n) is 6.34. The van der Waals surface area contributed by atoms with Crippen LogP contribution in [0.25, 0.3) is 0 Å². The van der Waals surface area contributed by atoms with Crippen LogP contribution in [0.2, 0.25) is 0 Å². The Morgan fingerprint density at radius 1 is 1.25 bits per heavy atom. The van der Waals surface area contributed by atoms with Gasteiger partial charge in [0.05, 0.1) is 0 Å². The van der Waals surface area contributed by atoms with Crippen molar-refractivity contribution in [3.63, 3.8) is 0 Å². The number of amides is 1. The van der Waals surface area contributed by atoms with Gasteiger partial charge in [-0.3, -0.25) is 9.59 Å². The molecule has 0 radical (unpaired) electrons. The van der Waals surface area contributed by atoms with Crippen LogP contribution in [0.5, 0.6) is 0 Å². The van der Waals surface area contributed by atoms with Crippen LogP contribution in [-0.4, -0.2) is 10.5 Å². The van der Waals surface area contributed by atoms with Crippen molar-refractivity contribution in [3.8, 4) is 0 Å². The van der Waals surface area contributed by atoms with E-state index in [0.29, 0.717) is 5.69 Å². The maximum absolute atomic E-state index is 13.1. The number of aryl methyl sites for hydroxylation is 1. The Morgan fingerprint density at radius 2 is 2.00 bits per heavy atom. The molecular weight excluding hydrogens is 259 g/mol. The predicted molar refractivity (Wildman–Crippen MR) is 75.1 cm³/mol. The van der Waals surface area contributed by atoms with Crippen LogP contribution in [0.1, 0.15) is 12.5 Å². The zero-order valence-corrected chi connectivity index (χ0v) is 11.1. The summed E-state index contributed by atoms with van der Waals surface area (Å²) in [6.45, 7) is 1.77. The molecule has 104 valence electrons. The lowest BCUT2D eigenvalue weighted by Gasteiger charge is -2.10. The number of halogens is 1. The number of nitrogens with zero attached hydrogens (tertiary/aromatic N) is 1. The zero-order valence-electron chi connectivity index (χ0n) is 11.1. The molecule has 1 N–H and O–H groups in total. The number of anilines is 1. The van der Waals surface area contributed by atoms with Crippen molar-refractivity contribution in [2.75, 3.05) is 5.32 Å². The van der Waals surface area contributed by atoms with Crippen molar-refractivity contribution < 1.29 is 9.18 Å². The van der Waals surface area contributed by atoms with E-state index in [1.54, 1.807) is 6.07 Å². The summed E-state index contributed by atoms with van der Waals surface area (Å²) < 4.78 is 14.1. The number of carbonyl (C=O) groups is 1. The highest BCUT2D eigenvalue weighted by molar-refractivity contribution is 5.91. The van der Waals surface area contributed by atoms with E-state index in [4.69, 9.17) is 0 Å². The number of pyridine rings is 1. The van der Waals surface area contributed by atoms with Crippen LogP contribution >= 0.6 is 0 Å². The second-order valence-corrected chi connectivity index (χ2v) is 4.37. The molecule has 20 heavy (non-hydrogen) atoms. The van der Waals surface area contributed by atoms with Gasteiger partial charge in [-0.15, -0.1) is 0 Å². The van der Waals surface area contributed by atoms with Crippen LogP contribution in [0.15, 0.2) is 47.4 Å². The minimum Gasteiger partial charge on any atom is -0.324 e. The molecule has 1 aromatic carbocycles. The summed E-state index contributed by atoms with van der Waals surface area (Å²) in [5.41, 5.74) is 1.31. The second-order valence-electron chi connectivity index (χ2n) is 4.37. The second kappa shape index (κ2) is 6.14. The van der Waals surface area contributed by atoms with Gasteiger partial charge < -0.3 is 9.88 Å². The third kappa shape index (κ3) is 3.32. The van der Waals surface area contributed by atoms with Gasteiger partial charge in [0.2, 0.25) is 5.91 Å². The van der Waals surface area contributed by atoms with Gasteiger partial charge in [-0.05, 0) is 24.1 Å². The molecule has 0 unspecified atom stereocenters. The van der Waals surface area contributed by atoms with E-state index in [0.717, 1.165) is 34.9 Å². The molecule has 0 aliphatic heterocycles. The van der Waals surface area contributed by atoms with Gasteiger partial charge in [0.15, 0.2) is 0 Å². The first-order valence-corrected chi connectivity index (χ1v) is 6.34. The maximum Gasteiger partial charge on any atom is 0.251 e. The number of hydrogen-bond acceptors (Lipinski definition) is 2. The van der Waals surface area contributed by atoms with Crippen molar-refractivity contribution in [2.45, 2.75) is 19.9 Å². The molecule has 4 nitrogen and oxygen atoms in total. The SMILES string of the molecule is CCc1ccccc1NC(=O)Cn1cc(F)ccc1=O. The summed E-state index contributed by atoms with van der Waals surface area (Å²) in [5.74, 6) is -0.912. The van der Waals surface area contributed by atoms with Gasteiger partial charge >= 0.3 is 0 Å². The van der Waals surface area contributed by atoms with E-state index in [-0.39, 0.29) is 12.5 Å². The van der Waals surface area contributed by atoms with Crippen molar-refractivity contribution in [2.24, 2.45) is 0 Å². The largest absolute Gasteiger partial charge is 0.324 e. The van der Waals surface area contributed by atoms with Gasteiger partial charge in [-0.25, -0.2) is 4.39 Å². The normalized spacial score (nSPS) is 10.3. The molecule has 1 heterocycles. The quantitative estimate of drug-likeness (QED) is 0.929. The first-order chi connectivity index (χ1) is 9.60. The zero-order chi connectivity index (χ0) is 14.5. The molecule has 0 aliphatic rings. The Bertz CT molecular complexity index is 680. The molecule has 0 atom stereocenters. The third-order valence-corrected chi connectivity index (χ3v) is 2.93. The summed E-state index contributed by atoms with van der Waals surface area (Å²) in [6, 6.07) is 9.61. The average Bonchev–Trinajstić information content (AvgIpc) is 2.43. The molecule has 2 aromatic rings. The molecule has 0 saturated carbocycles. The highest BCUT2D eigenvalue weighted by Crippen LogP contribution is 2.15. The van der Waals surface area contributed by atoms with Crippen molar-refractivity contribution >= 4 is 11.6 Å². The molecule has 2 rings (SSSR count). The number of para-hydroxylation sites is 1. The van der Waals surface area contributed by atoms with Gasteiger partial charge in [-0.1, -0.05) is 25.1 Å². The van der Waals surface area contributed by atoms with Gasteiger partial charge in [-0.2, -0.15) is 0 Å². The number of nitrogens with one attached hydrogen (secondary N) is 1. The Morgan fingerprint density at radius 3 is 2.75 bits per heavy atom. The minimum atomic E-state index is -0.550. The van der Waals surface area contributed by atoms with E-state index in [2.05, 4.69) is 5.32 Å². The molecule has 0 aliphatic carbocycles. The lowest BCUT2D eigenvalue weighted by atomic mass is 10.1. The van der Waals surface area contributed by atoms with Gasteiger partial charge in [0, 0.05) is 18.0 Å². The Labute approximate surface area is 115 Å². The summed E-state index contributed by atoms with van der Waals surface area (Å²) in [6.07, 6.45) is 1.81. The van der Waals surface area contributed by atoms with E-state index in [1.807, 2.05) is 25.1 Å². The fourth-order valence-electron chi connectivity index (χ4n) is 1.92. The number of aromatic nitrogens is 1. The number of carbonyl (C=O) groups excluding carboxylic acids is 1. The molecule has 1 amide bonds. The van der Waals surface area contributed by atoms with Crippen LogP contribution in [0.3, 0.4) is 0 Å².